The van der Waals surface area contributed by atoms with Crippen LogP contribution in [0.2, 0.25) is 5.02 Å². The fourth-order valence-corrected chi connectivity index (χ4v) is 3.35. The van der Waals surface area contributed by atoms with Crippen molar-refractivity contribution in [2.24, 2.45) is 0 Å². The van der Waals surface area contributed by atoms with Crippen LogP contribution in [0.1, 0.15) is 56.3 Å². The summed E-state index contributed by atoms with van der Waals surface area (Å²) >= 11 is 6.15. The Kier molecular flexibility index (Phi) is 8.57. The molecule has 0 aromatic heterocycles. The molecule has 2 N–H and O–H groups in total. The van der Waals surface area contributed by atoms with Crippen LogP contribution in [-0.4, -0.2) is 43.8 Å². The smallest absolute Gasteiger partial charge is 0.339 e. The van der Waals surface area contributed by atoms with Gasteiger partial charge in [0, 0.05) is 6.04 Å². The van der Waals surface area contributed by atoms with E-state index in [1.54, 1.807) is 6.92 Å². The normalized spacial score (nSPS) is 15.2. The van der Waals surface area contributed by atoms with Gasteiger partial charge in [-0.2, -0.15) is 0 Å². The van der Waals surface area contributed by atoms with Gasteiger partial charge in [-0.25, -0.2) is 9.59 Å². The van der Waals surface area contributed by atoms with Gasteiger partial charge >= 0.3 is 12.0 Å². The number of ether oxygens (including phenoxy) is 3. The van der Waals surface area contributed by atoms with E-state index >= 15 is 0 Å². The van der Waals surface area contributed by atoms with Gasteiger partial charge in [-0.1, -0.05) is 30.9 Å². The Morgan fingerprint density at radius 1 is 1.21 bits per heavy atom. The first-order valence-corrected chi connectivity index (χ1v) is 10.1. The van der Waals surface area contributed by atoms with E-state index in [1.165, 1.54) is 26.2 Å². The number of halogens is 1. The van der Waals surface area contributed by atoms with Crippen LogP contribution in [-0.2, 0) is 9.53 Å². The summed E-state index contributed by atoms with van der Waals surface area (Å²) in [6.45, 7) is 3.55. The van der Waals surface area contributed by atoms with Crippen LogP contribution in [0.15, 0.2) is 12.1 Å². The molecule has 9 heteroatoms. The Hall–Kier alpha value is -2.48. The van der Waals surface area contributed by atoms with Gasteiger partial charge in [0.1, 0.15) is 0 Å². The molecule has 1 saturated carbocycles. The van der Waals surface area contributed by atoms with E-state index in [0.29, 0.717) is 12.4 Å². The quantitative estimate of drug-likeness (QED) is 0.647. The summed E-state index contributed by atoms with van der Waals surface area (Å²) in [6, 6.07) is 2.26. The van der Waals surface area contributed by atoms with Gasteiger partial charge in [0.05, 0.1) is 24.3 Å². The predicted molar refractivity (Wildman–Crippen MR) is 108 cm³/mol. The van der Waals surface area contributed by atoms with Crippen molar-refractivity contribution in [3.8, 4) is 11.5 Å². The van der Waals surface area contributed by atoms with Crippen LogP contribution in [0.3, 0.4) is 0 Å². The summed E-state index contributed by atoms with van der Waals surface area (Å²) in [5.74, 6) is -0.895. The summed E-state index contributed by atoms with van der Waals surface area (Å²) in [7, 11) is 1.42. The van der Waals surface area contributed by atoms with Crippen molar-refractivity contribution >= 4 is 29.5 Å². The Bertz CT molecular complexity index is 749. The second-order valence-electron chi connectivity index (χ2n) is 6.77. The largest absolute Gasteiger partial charge is 0.493 e. The molecule has 1 atom stereocenters. The first kappa shape index (κ1) is 22.8. The van der Waals surface area contributed by atoms with Crippen molar-refractivity contribution in [2.75, 3.05) is 13.7 Å². The van der Waals surface area contributed by atoms with Gasteiger partial charge in [-0.05, 0) is 38.8 Å². The van der Waals surface area contributed by atoms with Crippen LogP contribution >= 0.6 is 11.6 Å². The highest BCUT2D eigenvalue weighted by Gasteiger charge is 2.24. The molecule has 3 amide bonds. The summed E-state index contributed by atoms with van der Waals surface area (Å²) in [5.41, 5.74) is 0.0987. The average molecular weight is 427 g/mol. The number of methoxy groups -OCH3 is 1. The van der Waals surface area contributed by atoms with Gasteiger partial charge in [0.2, 0.25) is 0 Å². The molecule has 0 saturated heterocycles. The van der Waals surface area contributed by atoms with E-state index in [-0.39, 0.29) is 22.4 Å². The molecule has 29 heavy (non-hydrogen) atoms. The zero-order valence-electron chi connectivity index (χ0n) is 16.9. The van der Waals surface area contributed by atoms with Crippen molar-refractivity contribution in [3.05, 3.63) is 22.7 Å². The summed E-state index contributed by atoms with van der Waals surface area (Å²) in [6.07, 6.45) is 3.89. The zero-order valence-corrected chi connectivity index (χ0v) is 17.6. The molecular weight excluding hydrogens is 400 g/mol. The average Bonchev–Trinajstić information content (AvgIpc) is 2.69. The maximum absolute atomic E-state index is 12.4. The molecule has 0 bridgehead atoms. The molecule has 8 nitrogen and oxygen atoms in total. The van der Waals surface area contributed by atoms with Crippen LogP contribution in [0.4, 0.5) is 4.79 Å². The number of carbonyl (C=O) groups excluding carboxylic acids is 3. The molecule has 0 radical (unpaired) electrons. The van der Waals surface area contributed by atoms with E-state index in [2.05, 4.69) is 10.6 Å². The number of benzene rings is 1. The highest BCUT2D eigenvalue weighted by molar-refractivity contribution is 6.32. The number of nitrogens with one attached hydrogen (secondary N) is 2. The lowest BCUT2D eigenvalue weighted by Crippen LogP contribution is -2.48. The second kappa shape index (κ2) is 10.9. The third-order valence-corrected chi connectivity index (χ3v) is 4.86. The molecule has 0 heterocycles. The van der Waals surface area contributed by atoms with Gasteiger partial charge in [0.25, 0.3) is 5.91 Å². The molecule has 0 spiro atoms. The number of urea groups is 1. The molecule has 1 aromatic carbocycles. The molecule has 1 aromatic rings. The lowest BCUT2D eigenvalue weighted by Gasteiger charge is -2.23. The standard InChI is InChI=1S/C20H27ClN2O6/c1-4-28-17-15(21)10-13(11-16(17)27-3)19(25)29-12(2)18(24)23-20(26)22-14-8-6-5-7-9-14/h10-12,14H,4-9H2,1-3H3,(H2,22,23,24,26)/t12-/m0/s1. The number of amides is 3. The molecule has 1 fully saturated rings. The third kappa shape index (κ3) is 6.52. The summed E-state index contributed by atoms with van der Waals surface area (Å²) < 4.78 is 15.8. The lowest BCUT2D eigenvalue weighted by atomic mass is 9.96. The molecule has 0 unspecified atom stereocenters. The highest BCUT2D eigenvalue weighted by Crippen LogP contribution is 2.36. The SMILES string of the molecule is CCOc1c(Cl)cc(C(=O)O[C@@H](C)C(=O)NC(=O)NC2CCCCC2)cc1OC. The summed E-state index contributed by atoms with van der Waals surface area (Å²) in [4.78, 5) is 36.5. The van der Waals surface area contributed by atoms with E-state index < -0.39 is 24.0 Å². The third-order valence-electron chi connectivity index (χ3n) is 4.58. The van der Waals surface area contributed by atoms with Crippen LogP contribution < -0.4 is 20.1 Å². The maximum atomic E-state index is 12.4. The van der Waals surface area contributed by atoms with E-state index in [0.717, 1.165) is 32.1 Å². The number of rotatable bonds is 7. The Morgan fingerprint density at radius 3 is 2.52 bits per heavy atom. The number of esters is 1. The van der Waals surface area contributed by atoms with E-state index in [4.69, 9.17) is 25.8 Å². The monoisotopic (exact) mass is 426 g/mol. The van der Waals surface area contributed by atoms with Crippen LogP contribution in [0.25, 0.3) is 0 Å². The van der Waals surface area contributed by atoms with Gasteiger partial charge in [-0.3, -0.25) is 10.1 Å². The molecule has 1 aliphatic carbocycles. The second-order valence-corrected chi connectivity index (χ2v) is 7.17. The maximum Gasteiger partial charge on any atom is 0.339 e. The molecule has 1 aliphatic rings. The van der Waals surface area contributed by atoms with Gasteiger partial charge < -0.3 is 19.5 Å². The highest BCUT2D eigenvalue weighted by atomic mass is 35.5. The van der Waals surface area contributed by atoms with E-state index in [1.807, 2.05) is 0 Å². The molecule has 160 valence electrons. The zero-order chi connectivity index (χ0) is 21.4. The number of imide groups is 1. The first-order valence-electron chi connectivity index (χ1n) is 9.68. The van der Waals surface area contributed by atoms with Crippen molar-refractivity contribution in [1.29, 1.82) is 0 Å². The molecule has 2 rings (SSSR count). The van der Waals surface area contributed by atoms with Crippen molar-refractivity contribution < 1.29 is 28.6 Å². The van der Waals surface area contributed by atoms with Gasteiger partial charge in [-0.15, -0.1) is 0 Å². The lowest BCUT2D eigenvalue weighted by molar-refractivity contribution is -0.127. The molecule has 0 aliphatic heterocycles. The minimum Gasteiger partial charge on any atom is -0.493 e. The van der Waals surface area contributed by atoms with Crippen molar-refractivity contribution in [2.45, 2.75) is 58.1 Å². The van der Waals surface area contributed by atoms with Gasteiger partial charge in [0.15, 0.2) is 17.6 Å². The Morgan fingerprint density at radius 2 is 1.90 bits per heavy atom. The van der Waals surface area contributed by atoms with Crippen molar-refractivity contribution in [1.82, 2.24) is 10.6 Å². The number of hydrogen-bond donors (Lipinski definition) is 2. The van der Waals surface area contributed by atoms with Crippen molar-refractivity contribution in [3.63, 3.8) is 0 Å². The van der Waals surface area contributed by atoms with Crippen LogP contribution in [0, 0.1) is 0 Å². The summed E-state index contributed by atoms with van der Waals surface area (Å²) in [5, 5.41) is 5.16. The first-order chi connectivity index (χ1) is 13.8. The van der Waals surface area contributed by atoms with E-state index in [9.17, 15) is 14.4 Å². The fourth-order valence-electron chi connectivity index (χ4n) is 3.09. The predicted octanol–water partition coefficient (Wildman–Crippen LogP) is 3.45. The minimum absolute atomic E-state index is 0.0628. The number of carbonyl (C=O) groups is 3. The minimum atomic E-state index is -1.17. The number of hydrogen-bond acceptors (Lipinski definition) is 6. The molecular formula is C20H27ClN2O6. The Balaban J connectivity index is 1.94. The fraction of sp³-hybridized carbons (Fsp3) is 0.550. The topological polar surface area (TPSA) is 103 Å². The Labute approximate surface area is 175 Å². The van der Waals surface area contributed by atoms with Crippen LogP contribution in [0.5, 0.6) is 11.5 Å².